The Morgan fingerprint density at radius 3 is 2.33 bits per heavy atom. The summed E-state index contributed by atoms with van der Waals surface area (Å²) in [6.45, 7) is 8.17. The average Bonchev–Trinajstić information content (AvgIpc) is 3.01. The molecule has 2 heteroatoms. The highest BCUT2D eigenvalue weighted by molar-refractivity contribution is 5.17. The Kier molecular flexibility index (Phi) is 4.37. The molecule has 0 amide bonds. The second-order valence-corrected chi connectivity index (χ2v) is 7.11. The summed E-state index contributed by atoms with van der Waals surface area (Å²) in [4.78, 5) is 2.82. The maximum atomic E-state index is 3.94. The number of piperazine rings is 1. The van der Waals surface area contributed by atoms with Gasteiger partial charge >= 0.3 is 0 Å². The van der Waals surface area contributed by atoms with E-state index in [9.17, 15) is 0 Å². The third kappa shape index (κ3) is 2.89. The lowest BCUT2D eigenvalue weighted by atomic mass is 9.82. The first-order valence-electron chi connectivity index (χ1n) is 8.76. The molecule has 1 aliphatic carbocycles. The predicted molar refractivity (Wildman–Crippen MR) is 89.4 cm³/mol. The minimum absolute atomic E-state index is 0.322. The molecule has 1 saturated carbocycles. The summed E-state index contributed by atoms with van der Waals surface area (Å²) >= 11 is 0. The number of nitrogens with one attached hydrogen (secondary N) is 1. The molecule has 1 aliphatic heterocycles. The fourth-order valence-corrected chi connectivity index (χ4v) is 4.33. The van der Waals surface area contributed by atoms with E-state index in [-0.39, 0.29) is 0 Å². The van der Waals surface area contributed by atoms with Crippen molar-refractivity contribution in [3.05, 3.63) is 35.9 Å². The molecule has 1 N–H and O–H groups in total. The summed E-state index contributed by atoms with van der Waals surface area (Å²) in [5.41, 5.74) is 2.21. The van der Waals surface area contributed by atoms with Crippen molar-refractivity contribution < 1.29 is 0 Å². The van der Waals surface area contributed by atoms with Crippen LogP contribution in [-0.4, -0.2) is 29.1 Å². The summed E-state index contributed by atoms with van der Waals surface area (Å²) in [5, 5.41) is 3.94. The molecule has 0 radical (unpaired) electrons. The van der Waals surface area contributed by atoms with E-state index in [1.54, 1.807) is 0 Å². The maximum Gasteiger partial charge on any atom is 0.0338 e. The van der Waals surface area contributed by atoms with Gasteiger partial charge in [-0.25, -0.2) is 0 Å². The lowest BCUT2D eigenvalue weighted by Crippen LogP contribution is -2.68. The van der Waals surface area contributed by atoms with Gasteiger partial charge in [0.15, 0.2) is 0 Å². The normalized spacial score (nSPS) is 24.5. The fourth-order valence-electron chi connectivity index (χ4n) is 4.33. The number of hydrogen-bond acceptors (Lipinski definition) is 2. The Labute approximate surface area is 129 Å². The Morgan fingerprint density at radius 2 is 1.71 bits per heavy atom. The summed E-state index contributed by atoms with van der Waals surface area (Å²) in [7, 11) is 0. The van der Waals surface area contributed by atoms with Crippen LogP contribution < -0.4 is 5.32 Å². The van der Waals surface area contributed by atoms with Gasteiger partial charge in [-0.1, -0.05) is 57.0 Å². The van der Waals surface area contributed by atoms with E-state index < -0.39 is 0 Å². The topological polar surface area (TPSA) is 15.3 Å². The highest BCUT2D eigenvalue weighted by Crippen LogP contribution is 2.40. The third-order valence-corrected chi connectivity index (χ3v) is 6.06. The first kappa shape index (κ1) is 15.1. The summed E-state index contributed by atoms with van der Waals surface area (Å²) < 4.78 is 0. The molecule has 21 heavy (non-hydrogen) atoms. The van der Waals surface area contributed by atoms with E-state index in [0.29, 0.717) is 11.1 Å². The number of benzene rings is 1. The van der Waals surface area contributed by atoms with Crippen molar-refractivity contribution in [1.29, 1.82) is 0 Å². The van der Waals surface area contributed by atoms with Gasteiger partial charge in [-0.05, 0) is 31.2 Å². The van der Waals surface area contributed by atoms with Gasteiger partial charge in [0.25, 0.3) is 0 Å². The van der Waals surface area contributed by atoms with Crippen LogP contribution in [0.4, 0.5) is 0 Å². The quantitative estimate of drug-likeness (QED) is 0.901. The van der Waals surface area contributed by atoms with Gasteiger partial charge in [0.1, 0.15) is 0 Å². The summed E-state index contributed by atoms with van der Waals surface area (Å²) in [6, 6.07) is 11.0. The van der Waals surface area contributed by atoms with Gasteiger partial charge in [0.2, 0.25) is 0 Å². The lowest BCUT2D eigenvalue weighted by Gasteiger charge is -2.53. The summed E-state index contributed by atoms with van der Waals surface area (Å²) in [6.07, 6.45) is 8.00. The molecule has 0 aromatic heterocycles. The van der Waals surface area contributed by atoms with Crippen molar-refractivity contribution >= 4 is 0 Å². The van der Waals surface area contributed by atoms with E-state index in [1.165, 1.54) is 57.2 Å². The van der Waals surface area contributed by atoms with Gasteiger partial charge in [-0.15, -0.1) is 0 Å². The van der Waals surface area contributed by atoms with E-state index in [4.69, 9.17) is 0 Å². The zero-order chi connectivity index (χ0) is 14.8. The van der Waals surface area contributed by atoms with Crippen LogP contribution in [-0.2, 0) is 6.54 Å². The van der Waals surface area contributed by atoms with Gasteiger partial charge < -0.3 is 5.32 Å². The molecule has 2 aliphatic rings. The van der Waals surface area contributed by atoms with Crippen LogP contribution in [0.25, 0.3) is 0 Å². The van der Waals surface area contributed by atoms with Crippen LogP contribution in [0.5, 0.6) is 0 Å². The van der Waals surface area contributed by atoms with E-state index >= 15 is 0 Å². The van der Waals surface area contributed by atoms with E-state index in [1.807, 2.05) is 0 Å². The molecular formula is C19H30N2. The number of nitrogens with zero attached hydrogens (tertiary/aromatic N) is 1. The fraction of sp³-hybridized carbons (Fsp3) is 0.684. The molecule has 2 nitrogen and oxygen atoms in total. The van der Waals surface area contributed by atoms with Crippen molar-refractivity contribution in [1.82, 2.24) is 10.2 Å². The largest absolute Gasteiger partial charge is 0.308 e. The van der Waals surface area contributed by atoms with E-state index in [2.05, 4.69) is 54.4 Å². The van der Waals surface area contributed by atoms with Gasteiger partial charge in [0, 0.05) is 30.7 Å². The Balaban J connectivity index is 1.83. The molecule has 1 aromatic rings. The predicted octanol–water partition coefficient (Wildman–Crippen LogP) is 3.96. The lowest BCUT2D eigenvalue weighted by molar-refractivity contribution is -0.00211. The summed E-state index contributed by atoms with van der Waals surface area (Å²) in [5.74, 6) is 0. The van der Waals surface area contributed by atoms with Crippen LogP contribution in [0, 0.1) is 0 Å². The Morgan fingerprint density at radius 1 is 1.05 bits per heavy atom. The van der Waals surface area contributed by atoms with Crippen molar-refractivity contribution in [2.24, 2.45) is 0 Å². The monoisotopic (exact) mass is 286 g/mol. The van der Waals surface area contributed by atoms with Crippen molar-refractivity contribution in [2.75, 3.05) is 13.1 Å². The molecule has 0 atom stereocenters. The molecule has 1 spiro atoms. The van der Waals surface area contributed by atoms with Crippen molar-refractivity contribution in [2.45, 2.75) is 70.0 Å². The van der Waals surface area contributed by atoms with Gasteiger partial charge in [-0.3, -0.25) is 4.90 Å². The maximum absolute atomic E-state index is 3.94. The molecular weight excluding hydrogens is 256 g/mol. The zero-order valence-electron chi connectivity index (χ0n) is 13.7. The standard InChI is InChI=1S/C19H30N2/c1-3-18(4-2)16-21(14-17-10-6-5-7-11-17)19(15-20-18)12-8-9-13-19/h5-7,10-11,20H,3-4,8-9,12-16H2,1-2H3. The second-order valence-electron chi connectivity index (χ2n) is 7.11. The van der Waals surface area contributed by atoms with Crippen LogP contribution >= 0.6 is 0 Å². The van der Waals surface area contributed by atoms with Crippen LogP contribution in [0.3, 0.4) is 0 Å². The molecule has 0 unspecified atom stereocenters. The molecule has 1 heterocycles. The minimum atomic E-state index is 0.322. The third-order valence-electron chi connectivity index (χ3n) is 6.06. The molecule has 0 bridgehead atoms. The highest BCUT2D eigenvalue weighted by atomic mass is 15.3. The smallest absolute Gasteiger partial charge is 0.0338 e. The highest BCUT2D eigenvalue weighted by Gasteiger charge is 2.47. The molecule has 116 valence electrons. The minimum Gasteiger partial charge on any atom is -0.308 e. The number of hydrogen-bond donors (Lipinski definition) is 1. The first-order valence-corrected chi connectivity index (χ1v) is 8.76. The van der Waals surface area contributed by atoms with E-state index in [0.717, 1.165) is 6.54 Å². The number of rotatable bonds is 4. The van der Waals surface area contributed by atoms with Crippen LogP contribution in [0.1, 0.15) is 57.9 Å². The molecule has 1 saturated heterocycles. The Hall–Kier alpha value is -0.860. The zero-order valence-corrected chi connectivity index (χ0v) is 13.7. The molecule has 3 rings (SSSR count). The second kappa shape index (κ2) is 6.10. The van der Waals surface area contributed by atoms with Gasteiger partial charge in [-0.2, -0.15) is 0 Å². The molecule has 2 fully saturated rings. The van der Waals surface area contributed by atoms with Crippen LogP contribution in [0.2, 0.25) is 0 Å². The van der Waals surface area contributed by atoms with Gasteiger partial charge in [0.05, 0.1) is 0 Å². The van der Waals surface area contributed by atoms with Crippen LogP contribution in [0.15, 0.2) is 30.3 Å². The SMILES string of the molecule is CCC1(CC)CN(Cc2ccccc2)C2(CCCC2)CN1. The molecule has 1 aromatic carbocycles. The van der Waals surface area contributed by atoms with Crippen molar-refractivity contribution in [3.63, 3.8) is 0 Å². The Bertz CT molecular complexity index is 444. The van der Waals surface area contributed by atoms with Crippen molar-refractivity contribution in [3.8, 4) is 0 Å². The average molecular weight is 286 g/mol. The first-order chi connectivity index (χ1) is 10.2.